The lowest BCUT2D eigenvalue weighted by Crippen LogP contribution is -2.42. The number of amides is 1. The van der Waals surface area contributed by atoms with Gasteiger partial charge in [-0.05, 0) is 55.2 Å². The van der Waals surface area contributed by atoms with Crippen LogP contribution >= 0.6 is 0 Å². The van der Waals surface area contributed by atoms with Crippen molar-refractivity contribution in [3.05, 3.63) is 53.6 Å². The van der Waals surface area contributed by atoms with E-state index < -0.39 is 6.10 Å². The molecule has 0 saturated heterocycles. The Balaban J connectivity index is 1.36. The first-order valence-corrected chi connectivity index (χ1v) is 9.26. The maximum Gasteiger partial charge on any atom is 0.224 e. The molecular weight excluding hydrogens is 314 g/mol. The van der Waals surface area contributed by atoms with Gasteiger partial charge >= 0.3 is 0 Å². The molecule has 1 fully saturated rings. The molecule has 1 aromatic heterocycles. The molecule has 5 nitrogen and oxygen atoms in total. The number of benzene rings is 1. The summed E-state index contributed by atoms with van der Waals surface area (Å²) in [6, 6.07) is 6.25. The summed E-state index contributed by atoms with van der Waals surface area (Å²) >= 11 is 0. The van der Waals surface area contributed by atoms with Crippen molar-refractivity contribution in [1.82, 2.24) is 14.9 Å². The van der Waals surface area contributed by atoms with Gasteiger partial charge in [0.2, 0.25) is 5.91 Å². The first-order chi connectivity index (χ1) is 12.2. The Morgan fingerprint density at radius 1 is 1.24 bits per heavy atom. The van der Waals surface area contributed by atoms with Crippen LogP contribution in [0.3, 0.4) is 0 Å². The quantitative estimate of drug-likeness (QED) is 0.897. The molecule has 1 amide bonds. The van der Waals surface area contributed by atoms with E-state index in [1.807, 2.05) is 10.8 Å². The zero-order chi connectivity index (χ0) is 17.2. The first-order valence-electron chi connectivity index (χ1n) is 9.26. The topological polar surface area (TPSA) is 67.2 Å². The lowest BCUT2D eigenvalue weighted by atomic mass is 9.90. The third kappa shape index (κ3) is 3.47. The third-order valence-electron chi connectivity index (χ3n) is 5.61. The van der Waals surface area contributed by atoms with Crippen LogP contribution in [-0.4, -0.2) is 32.7 Å². The molecular formula is C20H25N3O2. The summed E-state index contributed by atoms with van der Waals surface area (Å²) in [5.74, 6) is -0.00825. The standard InChI is InChI=1S/C20H25N3O2/c24-19(12-14-5-6-15-3-1-2-4-16(15)11-14)22-17-7-8-18(20(17)25)23-10-9-21-13-23/h5-6,9-11,13,17-18,20,25H,1-4,7-8,12H2,(H,22,24)/t17-,18-,20-/m1/s1. The minimum Gasteiger partial charge on any atom is -0.389 e. The van der Waals surface area contributed by atoms with Crippen LogP contribution in [0.15, 0.2) is 36.9 Å². The predicted molar refractivity (Wildman–Crippen MR) is 95.2 cm³/mol. The van der Waals surface area contributed by atoms with Crippen LogP contribution in [0.5, 0.6) is 0 Å². The number of aliphatic hydroxyl groups excluding tert-OH is 1. The molecule has 0 bridgehead atoms. The van der Waals surface area contributed by atoms with Crippen molar-refractivity contribution < 1.29 is 9.90 Å². The summed E-state index contributed by atoms with van der Waals surface area (Å²) in [5, 5.41) is 13.6. The molecule has 0 unspecified atom stereocenters. The number of carbonyl (C=O) groups excluding carboxylic acids is 1. The lowest BCUT2D eigenvalue weighted by Gasteiger charge is -2.22. The molecule has 2 aliphatic rings. The van der Waals surface area contributed by atoms with Crippen molar-refractivity contribution in [1.29, 1.82) is 0 Å². The molecule has 2 N–H and O–H groups in total. The summed E-state index contributed by atoms with van der Waals surface area (Å²) in [7, 11) is 0. The molecule has 4 rings (SSSR count). The van der Waals surface area contributed by atoms with E-state index in [0.29, 0.717) is 6.42 Å². The fourth-order valence-electron chi connectivity index (χ4n) is 4.25. The van der Waals surface area contributed by atoms with E-state index in [9.17, 15) is 9.90 Å². The average Bonchev–Trinajstić information content (AvgIpc) is 3.25. The summed E-state index contributed by atoms with van der Waals surface area (Å²) < 4.78 is 1.93. The second kappa shape index (κ2) is 7.00. The number of hydrogen-bond donors (Lipinski definition) is 2. The van der Waals surface area contributed by atoms with Gasteiger partial charge in [0.15, 0.2) is 0 Å². The van der Waals surface area contributed by atoms with E-state index in [0.717, 1.165) is 31.2 Å². The van der Waals surface area contributed by atoms with Gasteiger partial charge in [0.25, 0.3) is 0 Å². The van der Waals surface area contributed by atoms with Gasteiger partial charge in [-0.2, -0.15) is 0 Å². The Labute approximate surface area is 148 Å². The number of nitrogens with zero attached hydrogens (tertiary/aromatic N) is 2. The van der Waals surface area contributed by atoms with Gasteiger partial charge in [0.05, 0.1) is 30.9 Å². The fraction of sp³-hybridized carbons (Fsp3) is 0.500. The molecule has 0 spiro atoms. The molecule has 1 heterocycles. The van der Waals surface area contributed by atoms with Crippen LogP contribution in [0.4, 0.5) is 0 Å². The summed E-state index contributed by atoms with van der Waals surface area (Å²) in [6.45, 7) is 0. The molecule has 2 aliphatic carbocycles. The van der Waals surface area contributed by atoms with E-state index in [1.54, 1.807) is 12.5 Å². The molecule has 2 aromatic rings. The van der Waals surface area contributed by atoms with Gasteiger partial charge in [-0.15, -0.1) is 0 Å². The van der Waals surface area contributed by atoms with Crippen molar-refractivity contribution in [3.63, 3.8) is 0 Å². The highest BCUT2D eigenvalue weighted by atomic mass is 16.3. The van der Waals surface area contributed by atoms with E-state index in [2.05, 4.69) is 28.5 Å². The van der Waals surface area contributed by atoms with Crippen LogP contribution in [0, 0.1) is 0 Å². The van der Waals surface area contributed by atoms with Crippen molar-refractivity contribution >= 4 is 5.91 Å². The second-order valence-electron chi connectivity index (χ2n) is 7.31. The highest BCUT2D eigenvalue weighted by Gasteiger charge is 2.36. The van der Waals surface area contributed by atoms with Crippen molar-refractivity contribution in [2.75, 3.05) is 0 Å². The Morgan fingerprint density at radius 2 is 2.08 bits per heavy atom. The number of aryl methyl sites for hydroxylation is 2. The normalized spacial score (nSPS) is 25.6. The smallest absolute Gasteiger partial charge is 0.224 e. The van der Waals surface area contributed by atoms with Crippen LogP contribution < -0.4 is 5.32 Å². The lowest BCUT2D eigenvalue weighted by molar-refractivity contribution is -0.121. The SMILES string of the molecule is O=C(Cc1ccc2c(c1)CCCC2)N[C@@H]1CC[C@@H](n2ccnc2)[C@@H]1O. The van der Waals surface area contributed by atoms with E-state index in [1.165, 1.54) is 24.0 Å². The molecule has 5 heteroatoms. The molecule has 3 atom stereocenters. The molecule has 1 saturated carbocycles. The van der Waals surface area contributed by atoms with Crippen LogP contribution in [-0.2, 0) is 24.1 Å². The maximum absolute atomic E-state index is 12.4. The Morgan fingerprint density at radius 3 is 2.88 bits per heavy atom. The summed E-state index contributed by atoms with van der Waals surface area (Å²) in [4.78, 5) is 16.5. The van der Waals surface area contributed by atoms with E-state index >= 15 is 0 Å². The number of nitrogens with one attached hydrogen (secondary N) is 1. The second-order valence-corrected chi connectivity index (χ2v) is 7.31. The monoisotopic (exact) mass is 339 g/mol. The zero-order valence-electron chi connectivity index (χ0n) is 14.4. The van der Waals surface area contributed by atoms with Gasteiger partial charge in [0, 0.05) is 12.4 Å². The number of rotatable bonds is 4. The number of fused-ring (bicyclic) bond motifs is 1. The Bertz CT molecular complexity index is 741. The van der Waals surface area contributed by atoms with Crippen molar-refractivity contribution in [3.8, 4) is 0 Å². The fourth-order valence-corrected chi connectivity index (χ4v) is 4.25. The average molecular weight is 339 g/mol. The third-order valence-corrected chi connectivity index (χ3v) is 5.61. The summed E-state index contributed by atoms with van der Waals surface area (Å²) in [5.41, 5.74) is 3.90. The van der Waals surface area contributed by atoms with E-state index in [-0.39, 0.29) is 18.0 Å². The largest absolute Gasteiger partial charge is 0.389 e. The van der Waals surface area contributed by atoms with Crippen LogP contribution in [0.1, 0.15) is 48.4 Å². The Hall–Kier alpha value is -2.14. The number of imidazole rings is 1. The van der Waals surface area contributed by atoms with Gasteiger partial charge in [0.1, 0.15) is 0 Å². The molecule has 0 radical (unpaired) electrons. The summed E-state index contributed by atoms with van der Waals surface area (Å²) in [6.07, 6.45) is 11.6. The zero-order valence-corrected chi connectivity index (χ0v) is 14.4. The highest BCUT2D eigenvalue weighted by molar-refractivity contribution is 5.79. The minimum absolute atomic E-state index is 0.00320. The molecule has 1 aromatic carbocycles. The number of aliphatic hydroxyl groups is 1. The number of aromatic nitrogens is 2. The molecule has 132 valence electrons. The van der Waals surface area contributed by atoms with E-state index in [4.69, 9.17) is 0 Å². The van der Waals surface area contributed by atoms with Crippen LogP contribution in [0.2, 0.25) is 0 Å². The van der Waals surface area contributed by atoms with Gasteiger partial charge in [-0.1, -0.05) is 18.2 Å². The van der Waals surface area contributed by atoms with Gasteiger partial charge in [-0.3, -0.25) is 4.79 Å². The predicted octanol–water partition coefficient (Wildman–Crippen LogP) is 2.19. The van der Waals surface area contributed by atoms with Gasteiger partial charge < -0.3 is 15.0 Å². The highest BCUT2D eigenvalue weighted by Crippen LogP contribution is 2.30. The maximum atomic E-state index is 12.4. The number of carbonyl (C=O) groups is 1. The Kier molecular flexibility index (Phi) is 4.57. The van der Waals surface area contributed by atoms with Crippen molar-refractivity contribution in [2.45, 2.75) is 63.1 Å². The van der Waals surface area contributed by atoms with Crippen molar-refractivity contribution in [2.24, 2.45) is 0 Å². The van der Waals surface area contributed by atoms with Gasteiger partial charge in [-0.25, -0.2) is 4.98 Å². The molecule has 25 heavy (non-hydrogen) atoms. The minimum atomic E-state index is -0.568. The number of hydrogen-bond acceptors (Lipinski definition) is 3. The molecule has 0 aliphatic heterocycles. The van der Waals surface area contributed by atoms with Crippen LogP contribution in [0.25, 0.3) is 0 Å². The first kappa shape index (κ1) is 16.3.